The predicted octanol–water partition coefficient (Wildman–Crippen LogP) is 5.18. The molecule has 0 bridgehead atoms. The lowest BCUT2D eigenvalue weighted by Gasteiger charge is -2.33. The maximum absolute atomic E-state index is 14.4. The van der Waals surface area contributed by atoms with E-state index in [1.807, 2.05) is 6.92 Å². The molecule has 0 radical (unpaired) electrons. The lowest BCUT2D eigenvalue weighted by Crippen LogP contribution is -2.38. The van der Waals surface area contributed by atoms with Gasteiger partial charge in [0.1, 0.15) is 5.60 Å². The van der Waals surface area contributed by atoms with Gasteiger partial charge in [-0.3, -0.25) is 0 Å². The van der Waals surface area contributed by atoms with Crippen LogP contribution in [0, 0.1) is 0 Å². The maximum atomic E-state index is 14.4. The Morgan fingerprint density at radius 2 is 1.44 bits per heavy atom. The van der Waals surface area contributed by atoms with E-state index in [4.69, 9.17) is 14.6 Å². The summed E-state index contributed by atoms with van der Waals surface area (Å²) in [5, 5.41) is 8.99. The number of ether oxygens (including phenoxy) is 2. The molecule has 0 amide bonds. The van der Waals surface area contributed by atoms with E-state index in [-0.39, 0.29) is 16.7 Å². The third-order valence-corrected chi connectivity index (χ3v) is 5.56. The summed E-state index contributed by atoms with van der Waals surface area (Å²) in [7, 11) is 0. The van der Waals surface area contributed by atoms with Crippen LogP contribution in [0.15, 0.2) is 54.6 Å². The second-order valence-electron chi connectivity index (χ2n) is 8.07. The molecule has 1 fully saturated rings. The van der Waals surface area contributed by atoms with Crippen molar-refractivity contribution in [3.63, 3.8) is 0 Å². The summed E-state index contributed by atoms with van der Waals surface area (Å²) in [5.41, 5.74) is -1.27. The van der Waals surface area contributed by atoms with Crippen LogP contribution in [0.4, 0.5) is 8.78 Å². The number of rotatable bonds is 7. The second kappa shape index (κ2) is 9.46. The van der Waals surface area contributed by atoms with Crippen LogP contribution in [0.25, 0.3) is 0 Å². The molecule has 0 heterocycles. The van der Waals surface area contributed by atoms with Gasteiger partial charge in [0.2, 0.25) is 6.10 Å². The molecule has 1 N–H and O–H groups in total. The molecular formula is C24H24F2O6. The van der Waals surface area contributed by atoms with Gasteiger partial charge in [0.05, 0.1) is 11.1 Å². The predicted molar refractivity (Wildman–Crippen MR) is 111 cm³/mol. The molecule has 1 aliphatic rings. The van der Waals surface area contributed by atoms with Gasteiger partial charge in [0.15, 0.2) is 0 Å². The lowest BCUT2D eigenvalue weighted by atomic mass is 9.86. The monoisotopic (exact) mass is 446 g/mol. The number of carbonyl (C=O) groups excluding carboxylic acids is 2. The number of halogens is 2. The first kappa shape index (κ1) is 23.4. The average Bonchev–Trinajstić information content (AvgIpc) is 2.77. The van der Waals surface area contributed by atoms with Gasteiger partial charge in [-0.15, -0.1) is 0 Å². The number of carbonyl (C=O) groups is 3. The fraction of sp³-hybridized carbons (Fsp3) is 0.375. The van der Waals surface area contributed by atoms with E-state index in [1.165, 1.54) is 48.5 Å². The van der Waals surface area contributed by atoms with Crippen molar-refractivity contribution >= 4 is 17.9 Å². The molecule has 170 valence electrons. The van der Waals surface area contributed by atoms with Gasteiger partial charge in [-0.05, 0) is 50.3 Å². The molecule has 1 atom stereocenters. The van der Waals surface area contributed by atoms with Crippen molar-refractivity contribution in [3.8, 4) is 0 Å². The van der Waals surface area contributed by atoms with Crippen molar-refractivity contribution in [1.29, 1.82) is 0 Å². The highest BCUT2D eigenvalue weighted by Gasteiger charge is 2.51. The first-order valence-corrected chi connectivity index (χ1v) is 10.3. The summed E-state index contributed by atoms with van der Waals surface area (Å²) in [6.07, 6.45) is 1.87. The van der Waals surface area contributed by atoms with Crippen LogP contribution in [-0.4, -0.2) is 34.5 Å². The van der Waals surface area contributed by atoms with E-state index in [1.54, 1.807) is 6.07 Å². The highest BCUT2D eigenvalue weighted by atomic mass is 19.3. The highest BCUT2D eigenvalue weighted by Crippen LogP contribution is 2.36. The molecule has 1 aliphatic carbocycles. The summed E-state index contributed by atoms with van der Waals surface area (Å²) >= 11 is 0. The fourth-order valence-corrected chi connectivity index (χ4v) is 3.78. The number of benzene rings is 2. The zero-order chi connectivity index (χ0) is 23.4. The zero-order valence-electron chi connectivity index (χ0n) is 17.6. The van der Waals surface area contributed by atoms with Crippen LogP contribution < -0.4 is 0 Å². The van der Waals surface area contributed by atoms with E-state index in [2.05, 4.69) is 0 Å². The van der Waals surface area contributed by atoms with Crippen LogP contribution in [0.1, 0.15) is 71.4 Å². The third-order valence-electron chi connectivity index (χ3n) is 5.56. The molecule has 32 heavy (non-hydrogen) atoms. The van der Waals surface area contributed by atoms with Crippen LogP contribution in [0.5, 0.6) is 0 Å². The Bertz CT molecular complexity index is 983. The van der Waals surface area contributed by atoms with Crippen LogP contribution in [0.3, 0.4) is 0 Å². The average molecular weight is 446 g/mol. The van der Waals surface area contributed by atoms with Gasteiger partial charge in [-0.1, -0.05) is 48.9 Å². The lowest BCUT2D eigenvalue weighted by molar-refractivity contribution is -0.183. The van der Waals surface area contributed by atoms with E-state index < -0.39 is 35.5 Å². The summed E-state index contributed by atoms with van der Waals surface area (Å²) in [4.78, 5) is 36.8. The number of alkyl halides is 2. The summed E-state index contributed by atoms with van der Waals surface area (Å²) in [6.45, 7) is 1.82. The summed E-state index contributed by atoms with van der Waals surface area (Å²) in [5.74, 6) is -8.83. The maximum Gasteiger partial charge on any atom is 0.382 e. The van der Waals surface area contributed by atoms with Gasteiger partial charge in [-0.25, -0.2) is 14.4 Å². The fourth-order valence-electron chi connectivity index (χ4n) is 3.78. The van der Waals surface area contributed by atoms with Crippen molar-refractivity contribution < 1.29 is 37.7 Å². The molecule has 0 aliphatic heterocycles. The Kier molecular flexibility index (Phi) is 6.91. The third kappa shape index (κ3) is 5.12. The molecule has 2 aromatic carbocycles. The van der Waals surface area contributed by atoms with Gasteiger partial charge < -0.3 is 14.6 Å². The number of aliphatic carboxylic acids is 1. The normalized spacial score (nSPS) is 16.6. The molecule has 0 saturated heterocycles. The Balaban J connectivity index is 1.88. The number of carboxylic acids is 1. The smallest absolute Gasteiger partial charge is 0.382 e. The Hall–Kier alpha value is -3.29. The van der Waals surface area contributed by atoms with Crippen LogP contribution in [0.2, 0.25) is 0 Å². The molecule has 8 heteroatoms. The van der Waals surface area contributed by atoms with Gasteiger partial charge in [-0.2, -0.15) is 8.78 Å². The van der Waals surface area contributed by atoms with Crippen molar-refractivity contribution in [2.75, 3.05) is 0 Å². The Labute approximate surface area is 184 Å². The Morgan fingerprint density at radius 3 is 2.00 bits per heavy atom. The number of hydrogen-bond acceptors (Lipinski definition) is 5. The van der Waals surface area contributed by atoms with E-state index in [9.17, 15) is 23.2 Å². The number of carboxylic acid groups (broad SMARTS) is 1. The van der Waals surface area contributed by atoms with E-state index >= 15 is 0 Å². The quantitative estimate of drug-likeness (QED) is 0.589. The van der Waals surface area contributed by atoms with Crippen molar-refractivity contribution in [3.05, 3.63) is 71.3 Å². The van der Waals surface area contributed by atoms with Crippen LogP contribution in [-0.2, 0) is 14.3 Å². The zero-order valence-corrected chi connectivity index (χ0v) is 17.6. The molecule has 2 aromatic rings. The summed E-state index contributed by atoms with van der Waals surface area (Å²) in [6, 6.07) is 12.4. The van der Waals surface area contributed by atoms with Crippen LogP contribution >= 0.6 is 0 Å². The van der Waals surface area contributed by atoms with Gasteiger partial charge in [0.25, 0.3) is 0 Å². The Morgan fingerprint density at radius 1 is 0.906 bits per heavy atom. The molecule has 3 rings (SSSR count). The molecule has 1 saturated carbocycles. The minimum Gasteiger partial charge on any atom is -0.477 e. The molecule has 0 spiro atoms. The summed E-state index contributed by atoms with van der Waals surface area (Å²) < 4.78 is 39.5. The SMILES string of the molecule is CC1(OC(=O)c2ccccc2C(=O)OC(c2ccccc2)C(F)(F)C(=O)O)CCCCC1. The number of esters is 2. The highest BCUT2D eigenvalue weighted by molar-refractivity contribution is 6.03. The van der Waals surface area contributed by atoms with Gasteiger partial charge in [0, 0.05) is 0 Å². The minimum absolute atomic E-state index is 0.130. The minimum atomic E-state index is -4.39. The van der Waals surface area contributed by atoms with E-state index in [0.717, 1.165) is 19.3 Å². The van der Waals surface area contributed by atoms with Crippen molar-refractivity contribution in [2.45, 2.75) is 56.7 Å². The number of hydrogen-bond donors (Lipinski definition) is 1. The molecule has 1 unspecified atom stereocenters. The topological polar surface area (TPSA) is 89.9 Å². The first-order chi connectivity index (χ1) is 15.1. The first-order valence-electron chi connectivity index (χ1n) is 10.3. The standard InChI is InChI=1S/C24H24F2O6/c1-23(14-8-3-9-15-23)32-21(28)18-13-7-6-12-17(18)20(27)31-19(24(25,26)22(29)30)16-10-4-2-5-11-16/h2,4-7,10-13,19H,3,8-9,14-15H2,1H3,(H,29,30). The largest absolute Gasteiger partial charge is 0.477 e. The molecule has 6 nitrogen and oxygen atoms in total. The second-order valence-corrected chi connectivity index (χ2v) is 8.07. The van der Waals surface area contributed by atoms with Gasteiger partial charge >= 0.3 is 23.8 Å². The molecular weight excluding hydrogens is 422 g/mol. The van der Waals surface area contributed by atoms with E-state index in [0.29, 0.717) is 12.8 Å². The van der Waals surface area contributed by atoms with Crippen molar-refractivity contribution in [1.82, 2.24) is 0 Å². The van der Waals surface area contributed by atoms with Crippen molar-refractivity contribution in [2.24, 2.45) is 0 Å². The molecule has 0 aromatic heterocycles.